The highest BCUT2D eigenvalue weighted by atomic mass is 35.5. The van der Waals surface area contributed by atoms with Crippen LogP contribution in [0.2, 0.25) is 0 Å². The van der Waals surface area contributed by atoms with E-state index in [1.165, 1.54) is 38.5 Å². The van der Waals surface area contributed by atoms with Crippen molar-refractivity contribution in [1.82, 2.24) is 0 Å². The molecule has 1 heteroatoms. The second-order valence-corrected chi connectivity index (χ2v) is 7.84. The van der Waals surface area contributed by atoms with Gasteiger partial charge in [0.15, 0.2) is 0 Å². The summed E-state index contributed by atoms with van der Waals surface area (Å²) in [7, 11) is 0. The van der Waals surface area contributed by atoms with Gasteiger partial charge in [0, 0.05) is 5.38 Å². The molecule has 4 unspecified atom stereocenters. The maximum absolute atomic E-state index is 6.54. The largest absolute Gasteiger partial charge is 0.123 e. The minimum absolute atomic E-state index is 0.438. The summed E-state index contributed by atoms with van der Waals surface area (Å²) in [6.45, 7) is 11.8. The van der Waals surface area contributed by atoms with Crippen LogP contribution >= 0.6 is 11.6 Å². The molecule has 0 aromatic heterocycles. The van der Waals surface area contributed by atoms with Gasteiger partial charge in [-0.25, -0.2) is 0 Å². The zero-order valence-electron chi connectivity index (χ0n) is 12.4. The third-order valence-electron chi connectivity index (χ3n) is 4.60. The van der Waals surface area contributed by atoms with Crippen molar-refractivity contribution in [3.8, 4) is 0 Å². The summed E-state index contributed by atoms with van der Waals surface area (Å²) in [6, 6.07) is 0. The lowest BCUT2D eigenvalue weighted by Gasteiger charge is -2.40. The van der Waals surface area contributed by atoms with E-state index >= 15 is 0 Å². The van der Waals surface area contributed by atoms with Crippen molar-refractivity contribution in [2.45, 2.75) is 78.5 Å². The van der Waals surface area contributed by atoms with Crippen LogP contribution in [0.15, 0.2) is 0 Å². The van der Waals surface area contributed by atoms with Crippen LogP contribution in [0, 0.1) is 23.2 Å². The fraction of sp³-hybridized carbons (Fsp3) is 1.00. The van der Waals surface area contributed by atoms with Crippen LogP contribution in [-0.2, 0) is 0 Å². The van der Waals surface area contributed by atoms with Gasteiger partial charge < -0.3 is 0 Å². The van der Waals surface area contributed by atoms with Crippen LogP contribution in [0.4, 0.5) is 0 Å². The lowest BCUT2D eigenvalue weighted by molar-refractivity contribution is 0.131. The van der Waals surface area contributed by atoms with Crippen molar-refractivity contribution in [2.75, 3.05) is 0 Å². The van der Waals surface area contributed by atoms with E-state index in [-0.39, 0.29) is 0 Å². The van der Waals surface area contributed by atoms with E-state index in [4.69, 9.17) is 11.6 Å². The first-order chi connectivity index (χ1) is 7.84. The Morgan fingerprint density at radius 1 is 1.24 bits per heavy atom. The second kappa shape index (κ2) is 6.45. The first kappa shape index (κ1) is 15.3. The van der Waals surface area contributed by atoms with Crippen LogP contribution in [0.3, 0.4) is 0 Å². The van der Waals surface area contributed by atoms with Crippen LogP contribution in [0.25, 0.3) is 0 Å². The van der Waals surface area contributed by atoms with Crippen LogP contribution in [-0.4, -0.2) is 5.38 Å². The van der Waals surface area contributed by atoms with Crippen LogP contribution in [0.1, 0.15) is 73.1 Å². The molecule has 1 aliphatic carbocycles. The van der Waals surface area contributed by atoms with Crippen molar-refractivity contribution < 1.29 is 0 Å². The Labute approximate surface area is 114 Å². The Balaban J connectivity index is 2.52. The molecule has 0 nitrogen and oxygen atoms in total. The molecule has 0 aromatic carbocycles. The average Bonchev–Trinajstić information content (AvgIpc) is 2.20. The molecule has 0 amide bonds. The smallest absolute Gasteiger partial charge is 0.0364 e. The van der Waals surface area contributed by atoms with Gasteiger partial charge in [0.25, 0.3) is 0 Å². The van der Waals surface area contributed by atoms with Gasteiger partial charge in [-0.3, -0.25) is 0 Å². The highest BCUT2D eigenvalue weighted by Crippen LogP contribution is 2.44. The number of alkyl halides is 1. The maximum atomic E-state index is 6.54. The minimum atomic E-state index is 0.438. The molecule has 0 heterocycles. The summed E-state index contributed by atoms with van der Waals surface area (Å²) < 4.78 is 0. The monoisotopic (exact) mass is 258 g/mol. The van der Waals surface area contributed by atoms with Crippen LogP contribution < -0.4 is 0 Å². The standard InChI is InChI=1S/C16H31Cl/c1-6-7-12(2)10-13-11-14(16(3,4)5)8-9-15(13)17/h12-15H,6-11H2,1-5H3. The molecule has 0 aromatic rings. The molecular weight excluding hydrogens is 228 g/mol. The molecule has 1 fully saturated rings. The van der Waals surface area contributed by atoms with E-state index in [2.05, 4.69) is 34.6 Å². The lowest BCUT2D eigenvalue weighted by Crippen LogP contribution is -2.33. The van der Waals surface area contributed by atoms with Crippen molar-refractivity contribution in [3.05, 3.63) is 0 Å². The predicted octanol–water partition coefficient (Wildman–Crippen LogP) is 5.88. The van der Waals surface area contributed by atoms with Gasteiger partial charge in [-0.15, -0.1) is 11.6 Å². The molecular formula is C16H31Cl. The predicted molar refractivity (Wildman–Crippen MR) is 78.6 cm³/mol. The molecule has 17 heavy (non-hydrogen) atoms. The zero-order valence-corrected chi connectivity index (χ0v) is 13.2. The third kappa shape index (κ3) is 4.81. The molecule has 1 aliphatic rings. The summed E-state index contributed by atoms with van der Waals surface area (Å²) in [5, 5.41) is 0.438. The fourth-order valence-electron chi connectivity index (χ4n) is 3.38. The summed E-state index contributed by atoms with van der Waals surface area (Å²) in [5.74, 6) is 2.48. The van der Waals surface area contributed by atoms with Gasteiger partial charge in [0.05, 0.1) is 0 Å². The quantitative estimate of drug-likeness (QED) is 0.552. The van der Waals surface area contributed by atoms with Crippen molar-refractivity contribution >= 4 is 11.6 Å². The Bertz CT molecular complexity index is 216. The molecule has 0 N–H and O–H groups in total. The molecule has 0 radical (unpaired) electrons. The average molecular weight is 259 g/mol. The fourth-order valence-corrected chi connectivity index (χ4v) is 3.72. The highest BCUT2D eigenvalue weighted by Gasteiger charge is 2.35. The molecule has 0 bridgehead atoms. The molecule has 1 saturated carbocycles. The maximum Gasteiger partial charge on any atom is 0.0364 e. The van der Waals surface area contributed by atoms with Crippen molar-refractivity contribution in [2.24, 2.45) is 23.2 Å². The van der Waals surface area contributed by atoms with Gasteiger partial charge in [-0.2, -0.15) is 0 Å². The Morgan fingerprint density at radius 3 is 2.41 bits per heavy atom. The van der Waals surface area contributed by atoms with Gasteiger partial charge in [-0.05, 0) is 48.9 Å². The van der Waals surface area contributed by atoms with E-state index in [9.17, 15) is 0 Å². The third-order valence-corrected chi connectivity index (χ3v) is 5.18. The first-order valence-electron chi connectivity index (χ1n) is 7.48. The Morgan fingerprint density at radius 2 is 1.88 bits per heavy atom. The Kier molecular flexibility index (Phi) is 5.83. The number of rotatable bonds is 4. The van der Waals surface area contributed by atoms with Crippen LogP contribution in [0.5, 0.6) is 0 Å². The number of halogens is 1. The molecule has 0 aliphatic heterocycles. The summed E-state index contributed by atoms with van der Waals surface area (Å²) in [5.41, 5.74) is 0.462. The number of hydrogen-bond donors (Lipinski definition) is 0. The minimum Gasteiger partial charge on any atom is -0.123 e. The molecule has 0 saturated heterocycles. The van der Waals surface area contributed by atoms with E-state index in [0.717, 1.165) is 17.8 Å². The molecule has 1 rings (SSSR count). The van der Waals surface area contributed by atoms with E-state index in [1.807, 2.05) is 0 Å². The lowest BCUT2D eigenvalue weighted by atomic mass is 9.67. The topological polar surface area (TPSA) is 0 Å². The van der Waals surface area contributed by atoms with E-state index in [1.54, 1.807) is 0 Å². The Hall–Kier alpha value is 0.290. The van der Waals surface area contributed by atoms with Crippen molar-refractivity contribution in [3.63, 3.8) is 0 Å². The summed E-state index contributed by atoms with van der Waals surface area (Å²) in [4.78, 5) is 0. The zero-order chi connectivity index (χ0) is 13.1. The first-order valence-corrected chi connectivity index (χ1v) is 7.92. The van der Waals surface area contributed by atoms with Gasteiger partial charge in [-0.1, -0.05) is 47.5 Å². The highest BCUT2D eigenvalue weighted by molar-refractivity contribution is 6.20. The molecule has 4 atom stereocenters. The van der Waals surface area contributed by atoms with Gasteiger partial charge in [0.1, 0.15) is 0 Å². The summed E-state index contributed by atoms with van der Waals surface area (Å²) >= 11 is 6.54. The van der Waals surface area contributed by atoms with E-state index in [0.29, 0.717) is 10.8 Å². The van der Waals surface area contributed by atoms with Crippen molar-refractivity contribution in [1.29, 1.82) is 0 Å². The van der Waals surface area contributed by atoms with Gasteiger partial charge in [0.2, 0.25) is 0 Å². The normalized spacial score (nSPS) is 32.5. The number of hydrogen-bond acceptors (Lipinski definition) is 0. The van der Waals surface area contributed by atoms with Gasteiger partial charge >= 0.3 is 0 Å². The second-order valence-electron chi connectivity index (χ2n) is 7.28. The SMILES string of the molecule is CCCC(C)CC1CC(C(C)(C)C)CCC1Cl. The molecule has 102 valence electrons. The summed E-state index contributed by atoms with van der Waals surface area (Å²) in [6.07, 6.45) is 7.92. The molecule has 0 spiro atoms. The van der Waals surface area contributed by atoms with E-state index < -0.39 is 0 Å².